The zero-order valence-corrected chi connectivity index (χ0v) is 16.2. The third-order valence-electron chi connectivity index (χ3n) is 3.53. The number of anilines is 1. The van der Waals surface area contributed by atoms with Gasteiger partial charge in [0.2, 0.25) is 15.9 Å². The molecular formula is C19H19F3N2O4S. The highest BCUT2D eigenvalue weighted by molar-refractivity contribution is 7.89. The fourth-order valence-electron chi connectivity index (χ4n) is 2.23. The third kappa shape index (κ3) is 7.24. The van der Waals surface area contributed by atoms with Gasteiger partial charge in [-0.05, 0) is 43.3 Å². The first-order valence-electron chi connectivity index (χ1n) is 8.48. The number of rotatable bonds is 8. The summed E-state index contributed by atoms with van der Waals surface area (Å²) in [5, 5.41) is 2.54. The molecule has 0 saturated heterocycles. The van der Waals surface area contributed by atoms with Gasteiger partial charge < -0.3 is 10.1 Å². The minimum atomic E-state index is -4.66. The van der Waals surface area contributed by atoms with Crippen molar-refractivity contribution in [3.05, 3.63) is 60.2 Å². The number of carbonyl (C=O) groups is 1. The van der Waals surface area contributed by atoms with Crippen molar-refractivity contribution < 1.29 is 31.1 Å². The molecule has 2 N–H and O–H groups in total. The molecular weight excluding hydrogens is 409 g/mol. The Labute approximate surface area is 166 Å². The molecule has 2 aromatic rings. The van der Waals surface area contributed by atoms with Gasteiger partial charge in [-0.2, -0.15) is 13.2 Å². The highest BCUT2D eigenvalue weighted by Gasteiger charge is 2.30. The molecule has 0 bridgehead atoms. The van der Waals surface area contributed by atoms with Crippen LogP contribution in [0.5, 0.6) is 5.75 Å². The molecule has 6 nitrogen and oxygen atoms in total. The number of alkyl halides is 3. The van der Waals surface area contributed by atoms with E-state index in [-0.39, 0.29) is 10.6 Å². The Balaban J connectivity index is 2.02. The fourth-order valence-corrected chi connectivity index (χ4v) is 3.25. The monoisotopic (exact) mass is 428 g/mol. The van der Waals surface area contributed by atoms with Crippen molar-refractivity contribution in [3.8, 4) is 5.75 Å². The maximum atomic E-state index is 12.2. The summed E-state index contributed by atoms with van der Waals surface area (Å²) in [7, 11) is -4.31. The largest absolute Gasteiger partial charge is 0.493 e. The summed E-state index contributed by atoms with van der Waals surface area (Å²) in [5.74, 6) is 0.155. The van der Waals surface area contributed by atoms with Crippen LogP contribution in [-0.4, -0.2) is 33.7 Å². The van der Waals surface area contributed by atoms with Crippen LogP contribution in [0.15, 0.2) is 59.5 Å². The van der Waals surface area contributed by atoms with Crippen molar-refractivity contribution in [3.63, 3.8) is 0 Å². The first-order valence-corrected chi connectivity index (χ1v) is 9.96. The van der Waals surface area contributed by atoms with E-state index in [0.717, 1.165) is 12.1 Å². The van der Waals surface area contributed by atoms with Crippen molar-refractivity contribution in [1.29, 1.82) is 0 Å². The molecule has 0 heterocycles. The minimum Gasteiger partial charge on any atom is -0.493 e. The fraction of sp³-hybridized carbons (Fsp3) is 0.211. The second kappa shape index (κ2) is 9.57. The molecule has 0 aliphatic heterocycles. The van der Waals surface area contributed by atoms with E-state index in [1.54, 1.807) is 24.3 Å². The van der Waals surface area contributed by atoms with E-state index in [1.807, 2.05) is 13.0 Å². The number of nitrogens with one attached hydrogen (secondary N) is 2. The Morgan fingerprint density at radius 3 is 2.38 bits per heavy atom. The highest BCUT2D eigenvalue weighted by atomic mass is 32.2. The highest BCUT2D eigenvalue weighted by Crippen LogP contribution is 2.20. The van der Waals surface area contributed by atoms with Gasteiger partial charge in [-0.3, -0.25) is 4.79 Å². The average molecular weight is 428 g/mol. The lowest BCUT2D eigenvalue weighted by Gasteiger charge is -2.10. The minimum absolute atomic E-state index is 0.285. The van der Waals surface area contributed by atoms with Crippen molar-refractivity contribution in [2.75, 3.05) is 18.5 Å². The number of amides is 1. The summed E-state index contributed by atoms with van der Waals surface area (Å²) >= 11 is 0. The first kappa shape index (κ1) is 22.4. The van der Waals surface area contributed by atoms with Crippen LogP contribution in [-0.2, 0) is 14.8 Å². The first-order chi connectivity index (χ1) is 13.6. The smallest absolute Gasteiger partial charge is 0.402 e. The average Bonchev–Trinajstić information content (AvgIpc) is 2.66. The number of benzene rings is 2. The Hall–Kier alpha value is -2.85. The zero-order chi connectivity index (χ0) is 21.5. The zero-order valence-electron chi connectivity index (χ0n) is 15.4. The maximum Gasteiger partial charge on any atom is 0.402 e. The van der Waals surface area contributed by atoms with Gasteiger partial charge in [0, 0.05) is 17.3 Å². The van der Waals surface area contributed by atoms with Gasteiger partial charge in [-0.25, -0.2) is 13.1 Å². The lowest BCUT2D eigenvalue weighted by atomic mass is 10.2. The Morgan fingerprint density at radius 1 is 1.10 bits per heavy atom. The second-order valence-corrected chi connectivity index (χ2v) is 7.52. The maximum absolute atomic E-state index is 12.2. The Morgan fingerprint density at radius 2 is 1.76 bits per heavy atom. The molecule has 0 aliphatic rings. The number of sulfonamides is 1. The molecule has 156 valence electrons. The molecule has 0 unspecified atom stereocenters. The van der Waals surface area contributed by atoms with Gasteiger partial charge in [0.25, 0.3) is 0 Å². The van der Waals surface area contributed by atoms with Gasteiger partial charge in [0.15, 0.2) is 0 Å². The summed E-state index contributed by atoms with van der Waals surface area (Å²) in [6.45, 7) is 0.654. The van der Waals surface area contributed by atoms with Crippen LogP contribution in [0.4, 0.5) is 18.9 Å². The van der Waals surface area contributed by atoms with Crippen molar-refractivity contribution in [1.82, 2.24) is 4.72 Å². The van der Waals surface area contributed by atoms with E-state index in [0.29, 0.717) is 17.9 Å². The van der Waals surface area contributed by atoms with Crippen LogP contribution in [0.2, 0.25) is 0 Å². The lowest BCUT2D eigenvalue weighted by molar-refractivity contribution is -0.121. The molecule has 0 aliphatic carbocycles. The summed E-state index contributed by atoms with van der Waals surface area (Å²) in [6, 6.07) is 11.9. The lowest BCUT2D eigenvalue weighted by Crippen LogP contribution is -2.33. The number of para-hydroxylation sites is 1. The number of halogens is 3. The van der Waals surface area contributed by atoms with E-state index >= 15 is 0 Å². The van der Waals surface area contributed by atoms with E-state index in [9.17, 15) is 26.4 Å². The second-order valence-electron chi connectivity index (χ2n) is 5.76. The Bertz CT molecular complexity index is 972. The predicted octanol–water partition coefficient (Wildman–Crippen LogP) is 3.58. The summed E-state index contributed by atoms with van der Waals surface area (Å²) < 4.78 is 67.1. The van der Waals surface area contributed by atoms with Crippen molar-refractivity contribution in [2.24, 2.45) is 0 Å². The van der Waals surface area contributed by atoms with E-state index < -0.39 is 28.7 Å². The number of hydrogen-bond acceptors (Lipinski definition) is 4. The van der Waals surface area contributed by atoms with Crippen LogP contribution < -0.4 is 14.8 Å². The molecule has 2 rings (SSSR count). The van der Waals surface area contributed by atoms with E-state index in [4.69, 9.17) is 4.74 Å². The van der Waals surface area contributed by atoms with E-state index in [1.165, 1.54) is 22.9 Å². The molecule has 0 aromatic heterocycles. The van der Waals surface area contributed by atoms with Gasteiger partial charge in [0.1, 0.15) is 12.3 Å². The summed E-state index contributed by atoms with van der Waals surface area (Å²) in [6.07, 6.45) is -1.80. The van der Waals surface area contributed by atoms with Crippen molar-refractivity contribution in [2.45, 2.75) is 18.0 Å². The summed E-state index contributed by atoms with van der Waals surface area (Å²) in [5.41, 5.74) is 0.995. The molecule has 0 fully saturated rings. The number of hydrogen-bond donors (Lipinski definition) is 2. The van der Waals surface area contributed by atoms with E-state index in [2.05, 4.69) is 5.32 Å². The van der Waals surface area contributed by atoms with Gasteiger partial charge in [-0.1, -0.05) is 18.2 Å². The Kier molecular flexibility index (Phi) is 7.40. The molecule has 0 atom stereocenters. The quantitative estimate of drug-likeness (QED) is 0.630. The van der Waals surface area contributed by atoms with Crippen LogP contribution in [0.1, 0.15) is 12.5 Å². The number of carbonyl (C=O) groups excluding carboxylic acids is 1. The molecule has 0 radical (unpaired) electrons. The van der Waals surface area contributed by atoms with Crippen LogP contribution >= 0.6 is 0 Å². The molecule has 0 saturated carbocycles. The van der Waals surface area contributed by atoms with Gasteiger partial charge in [-0.15, -0.1) is 0 Å². The normalized spacial score (nSPS) is 12.1. The molecule has 2 aromatic carbocycles. The van der Waals surface area contributed by atoms with Crippen molar-refractivity contribution >= 4 is 27.7 Å². The van der Waals surface area contributed by atoms with Gasteiger partial charge in [0.05, 0.1) is 11.5 Å². The predicted molar refractivity (Wildman–Crippen MR) is 103 cm³/mol. The topological polar surface area (TPSA) is 84.5 Å². The standard InChI is InChI=1S/C19H19F3N2O4S/c1-2-28-17-6-4-3-5-14(17)7-12-18(25)24-15-8-10-16(11-9-15)29(26,27)23-13-19(20,21)22/h3-12,23H,2,13H2,1H3,(H,24,25)/b12-7+. The molecule has 10 heteroatoms. The van der Waals surface area contributed by atoms with Gasteiger partial charge >= 0.3 is 6.18 Å². The number of ether oxygens (including phenoxy) is 1. The molecule has 29 heavy (non-hydrogen) atoms. The summed E-state index contributed by atoms with van der Waals surface area (Å²) in [4.78, 5) is 11.7. The molecule has 0 spiro atoms. The van der Waals surface area contributed by atoms with Crippen LogP contribution in [0.3, 0.4) is 0 Å². The SMILES string of the molecule is CCOc1ccccc1/C=C/C(=O)Nc1ccc(S(=O)(=O)NCC(F)(F)F)cc1. The third-order valence-corrected chi connectivity index (χ3v) is 4.95. The molecule has 1 amide bonds. The van der Waals surface area contributed by atoms with Crippen LogP contribution in [0.25, 0.3) is 6.08 Å². The van der Waals surface area contributed by atoms with Crippen LogP contribution in [0, 0.1) is 0 Å².